The molecule has 7 nitrogen and oxygen atoms in total. The largest absolute Gasteiger partial charge is 0.496 e. The van der Waals surface area contributed by atoms with Crippen LogP contribution in [0.3, 0.4) is 0 Å². The van der Waals surface area contributed by atoms with Crippen molar-refractivity contribution in [2.45, 2.75) is 6.42 Å². The van der Waals surface area contributed by atoms with Crippen molar-refractivity contribution in [3.05, 3.63) is 60.0 Å². The Bertz CT molecular complexity index is 911. The number of aromatic nitrogens is 1. The molecule has 146 valence electrons. The molecule has 0 atom stereocenters. The van der Waals surface area contributed by atoms with E-state index in [1.165, 1.54) is 5.56 Å². The van der Waals surface area contributed by atoms with Crippen molar-refractivity contribution in [2.75, 3.05) is 39.8 Å². The maximum atomic E-state index is 12.7. The smallest absolute Gasteiger partial charge is 0.276 e. The first kappa shape index (κ1) is 18.3. The Kier molecular flexibility index (Phi) is 5.43. The molecule has 1 saturated heterocycles. The standard InChI is InChI=1S/C21H23N3O4/c1-26-18-6-3-2-5-16(18)8-9-23-10-12-24(13-11-23)21(25)17-15-20(28-22-17)19-7-4-14-27-19/h2-7,14-15H,8-13H2,1H3. The van der Waals surface area contributed by atoms with E-state index in [9.17, 15) is 4.79 Å². The second-order valence-corrected chi connectivity index (χ2v) is 6.75. The molecule has 1 amide bonds. The zero-order valence-electron chi connectivity index (χ0n) is 15.8. The highest BCUT2D eigenvalue weighted by atomic mass is 16.5. The van der Waals surface area contributed by atoms with Crippen LogP contribution >= 0.6 is 0 Å². The molecule has 0 aliphatic carbocycles. The average Bonchev–Trinajstić information content (AvgIpc) is 3.44. The summed E-state index contributed by atoms with van der Waals surface area (Å²) in [7, 11) is 1.70. The molecule has 1 aromatic carbocycles. The third kappa shape index (κ3) is 3.94. The van der Waals surface area contributed by atoms with Gasteiger partial charge in [-0.05, 0) is 30.2 Å². The Hall–Kier alpha value is -3.06. The number of amides is 1. The summed E-state index contributed by atoms with van der Waals surface area (Å²) < 4.78 is 15.9. The fraction of sp³-hybridized carbons (Fsp3) is 0.333. The van der Waals surface area contributed by atoms with Gasteiger partial charge < -0.3 is 18.6 Å². The van der Waals surface area contributed by atoms with Gasteiger partial charge in [-0.2, -0.15) is 0 Å². The van der Waals surface area contributed by atoms with Gasteiger partial charge in [0.1, 0.15) is 5.75 Å². The van der Waals surface area contributed by atoms with E-state index in [2.05, 4.69) is 16.1 Å². The fourth-order valence-corrected chi connectivity index (χ4v) is 3.44. The van der Waals surface area contributed by atoms with E-state index in [4.69, 9.17) is 13.7 Å². The maximum absolute atomic E-state index is 12.7. The summed E-state index contributed by atoms with van der Waals surface area (Å²) in [6, 6.07) is 13.3. The molecule has 0 saturated carbocycles. The van der Waals surface area contributed by atoms with Crippen LogP contribution in [-0.4, -0.2) is 60.7 Å². The maximum Gasteiger partial charge on any atom is 0.276 e. The Balaban J connectivity index is 1.30. The minimum absolute atomic E-state index is 0.106. The van der Waals surface area contributed by atoms with E-state index in [1.54, 1.807) is 31.6 Å². The molecular weight excluding hydrogens is 358 g/mol. The van der Waals surface area contributed by atoms with Crippen molar-refractivity contribution in [1.29, 1.82) is 0 Å². The number of benzene rings is 1. The van der Waals surface area contributed by atoms with E-state index in [-0.39, 0.29) is 5.91 Å². The van der Waals surface area contributed by atoms with Gasteiger partial charge in [0.25, 0.3) is 5.91 Å². The van der Waals surface area contributed by atoms with E-state index in [0.717, 1.165) is 31.8 Å². The van der Waals surface area contributed by atoms with Gasteiger partial charge in [0.15, 0.2) is 11.5 Å². The lowest BCUT2D eigenvalue weighted by Crippen LogP contribution is -2.49. The molecular formula is C21H23N3O4. The molecule has 1 aliphatic heterocycles. The number of hydrogen-bond acceptors (Lipinski definition) is 6. The summed E-state index contributed by atoms with van der Waals surface area (Å²) in [6.07, 6.45) is 2.48. The highest BCUT2D eigenvalue weighted by Crippen LogP contribution is 2.22. The number of carbonyl (C=O) groups is 1. The summed E-state index contributed by atoms with van der Waals surface area (Å²) in [5, 5.41) is 3.91. The topological polar surface area (TPSA) is 72.0 Å². The van der Waals surface area contributed by atoms with Crippen LogP contribution in [0.15, 0.2) is 57.7 Å². The molecule has 1 aliphatic rings. The van der Waals surface area contributed by atoms with Gasteiger partial charge in [0.2, 0.25) is 5.76 Å². The number of rotatable bonds is 6. The van der Waals surface area contributed by atoms with E-state index >= 15 is 0 Å². The molecule has 3 aromatic rings. The molecule has 0 radical (unpaired) electrons. The van der Waals surface area contributed by atoms with Crippen molar-refractivity contribution in [1.82, 2.24) is 15.0 Å². The summed E-state index contributed by atoms with van der Waals surface area (Å²) in [5.41, 5.74) is 1.52. The highest BCUT2D eigenvalue weighted by molar-refractivity contribution is 5.93. The molecule has 0 unspecified atom stereocenters. The van der Waals surface area contributed by atoms with Gasteiger partial charge in [-0.3, -0.25) is 9.69 Å². The van der Waals surface area contributed by atoms with Gasteiger partial charge in [-0.25, -0.2) is 0 Å². The van der Waals surface area contributed by atoms with E-state index in [1.807, 2.05) is 23.1 Å². The normalized spacial score (nSPS) is 15.0. The lowest BCUT2D eigenvalue weighted by atomic mass is 10.1. The molecule has 3 heterocycles. The number of hydrogen-bond donors (Lipinski definition) is 0. The molecule has 1 fully saturated rings. The SMILES string of the molecule is COc1ccccc1CCN1CCN(C(=O)c2cc(-c3ccco3)on2)CC1. The Labute approximate surface area is 163 Å². The Morgan fingerprint density at radius 2 is 1.93 bits per heavy atom. The number of para-hydroxylation sites is 1. The van der Waals surface area contributed by atoms with Crippen LogP contribution in [0.1, 0.15) is 16.1 Å². The van der Waals surface area contributed by atoms with E-state index in [0.29, 0.717) is 30.3 Å². The first-order valence-corrected chi connectivity index (χ1v) is 9.38. The van der Waals surface area contributed by atoms with Crippen LogP contribution in [0.25, 0.3) is 11.5 Å². The highest BCUT2D eigenvalue weighted by Gasteiger charge is 2.25. The van der Waals surface area contributed by atoms with Crippen LogP contribution in [0.5, 0.6) is 5.75 Å². The summed E-state index contributed by atoms with van der Waals surface area (Å²) in [6.45, 7) is 3.96. The molecule has 2 aromatic heterocycles. The molecule has 4 rings (SSSR count). The van der Waals surface area contributed by atoms with Crippen LogP contribution in [0.2, 0.25) is 0 Å². The molecule has 28 heavy (non-hydrogen) atoms. The number of furan rings is 1. The van der Waals surface area contributed by atoms with Crippen LogP contribution in [0.4, 0.5) is 0 Å². The van der Waals surface area contributed by atoms with E-state index < -0.39 is 0 Å². The third-order valence-corrected chi connectivity index (χ3v) is 5.04. The Morgan fingerprint density at radius 1 is 1.11 bits per heavy atom. The van der Waals surface area contributed by atoms with Crippen molar-refractivity contribution >= 4 is 5.91 Å². The Morgan fingerprint density at radius 3 is 2.68 bits per heavy atom. The summed E-state index contributed by atoms with van der Waals surface area (Å²) >= 11 is 0. The quantitative estimate of drug-likeness (QED) is 0.654. The zero-order valence-corrected chi connectivity index (χ0v) is 15.8. The first-order chi connectivity index (χ1) is 13.7. The summed E-state index contributed by atoms with van der Waals surface area (Å²) in [5.74, 6) is 1.84. The van der Waals surface area contributed by atoms with Crippen molar-refractivity contribution in [3.8, 4) is 17.3 Å². The third-order valence-electron chi connectivity index (χ3n) is 5.04. The predicted octanol–water partition coefficient (Wildman–Crippen LogP) is 2.94. The monoisotopic (exact) mass is 381 g/mol. The molecule has 0 N–H and O–H groups in total. The molecule has 0 bridgehead atoms. The summed E-state index contributed by atoms with van der Waals surface area (Å²) in [4.78, 5) is 16.9. The lowest BCUT2D eigenvalue weighted by molar-refractivity contribution is 0.0628. The number of ether oxygens (including phenoxy) is 1. The van der Waals surface area contributed by atoms with Gasteiger partial charge in [0.05, 0.1) is 13.4 Å². The molecule has 0 spiro atoms. The van der Waals surface area contributed by atoms with Crippen LogP contribution in [0, 0.1) is 0 Å². The lowest BCUT2D eigenvalue weighted by Gasteiger charge is -2.34. The van der Waals surface area contributed by atoms with Crippen LogP contribution < -0.4 is 4.74 Å². The number of nitrogens with zero attached hydrogens (tertiary/aromatic N) is 3. The van der Waals surface area contributed by atoms with Gasteiger partial charge in [0, 0.05) is 38.8 Å². The molecule has 7 heteroatoms. The first-order valence-electron chi connectivity index (χ1n) is 9.38. The average molecular weight is 381 g/mol. The second-order valence-electron chi connectivity index (χ2n) is 6.75. The van der Waals surface area contributed by atoms with Crippen molar-refractivity contribution in [2.24, 2.45) is 0 Å². The predicted molar refractivity (Wildman–Crippen MR) is 103 cm³/mol. The number of piperazine rings is 1. The van der Waals surface area contributed by atoms with Gasteiger partial charge in [-0.1, -0.05) is 23.4 Å². The minimum Gasteiger partial charge on any atom is -0.496 e. The van der Waals surface area contributed by atoms with Crippen molar-refractivity contribution in [3.63, 3.8) is 0 Å². The fourth-order valence-electron chi connectivity index (χ4n) is 3.44. The zero-order chi connectivity index (χ0) is 19.3. The van der Waals surface area contributed by atoms with Crippen LogP contribution in [-0.2, 0) is 6.42 Å². The number of carbonyl (C=O) groups excluding carboxylic acids is 1. The minimum atomic E-state index is -0.106. The number of methoxy groups -OCH3 is 1. The van der Waals surface area contributed by atoms with Gasteiger partial charge in [-0.15, -0.1) is 0 Å². The second kappa shape index (κ2) is 8.31. The van der Waals surface area contributed by atoms with Crippen molar-refractivity contribution < 1.29 is 18.5 Å². The van der Waals surface area contributed by atoms with Gasteiger partial charge >= 0.3 is 0 Å².